The molecular weight excluding hydrogens is 521 g/mol. The first-order valence-corrected chi connectivity index (χ1v) is 12.4. The van der Waals surface area contributed by atoms with Crippen LogP contribution in [0.1, 0.15) is 11.1 Å². The average Bonchev–Trinajstić information content (AvgIpc) is 3.24. The number of aromatic nitrogens is 3. The van der Waals surface area contributed by atoms with Crippen molar-refractivity contribution in [3.05, 3.63) is 94.0 Å². The van der Waals surface area contributed by atoms with Gasteiger partial charge in [0.15, 0.2) is 0 Å². The molecule has 9 nitrogen and oxygen atoms in total. The van der Waals surface area contributed by atoms with Gasteiger partial charge in [-0.05, 0) is 29.8 Å². The number of thioether (sulfide) groups is 1. The molecule has 0 aliphatic heterocycles. The first-order valence-electron chi connectivity index (χ1n) is 10.6. The zero-order valence-electron chi connectivity index (χ0n) is 18.8. The van der Waals surface area contributed by atoms with Gasteiger partial charge in [0.2, 0.25) is 11.1 Å². The highest BCUT2D eigenvalue weighted by Crippen LogP contribution is 2.29. The van der Waals surface area contributed by atoms with Crippen molar-refractivity contribution in [2.75, 3.05) is 22.3 Å². The number of nitrogens with one attached hydrogen (secondary N) is 2. The van der Waals surface area contributed by atoms with Crippen LogP contribution in [0.5, 0.6) is 5.75 Å². The van der Waals surface area contributed by atoms with E-state index in [0.717, 1.165) is 22.9 Å². The van der Waals surface area contributed by atoms with Crippen LogP contribution in [0.2, 0.25) is 10.0 Å². The summed E-state index contributed by atoms with van der Waals surface area (Å²) >= 11 is 13.2. The van der Waals surface area contributed by atoms with Crippen LogP contribution in [0.25, 0.3) is 0 Å². The summed E-state index contributed by atoms with van der Waals surface area (Å²) in [6, 6.07) is 22.4. The Balaban J connectivity index is 1.32. The van der Waals surface area contributed by atoms with Crippen LogP contribution in [-0.2, 0) is 11.4 Å². The van der Waals surface area contributed by atoms with Crippen molar-refractivity contribution in [2.24, 2.45) is 5.10 Å². The van der Waals surface area contributed by atoms with Crippen molar-refractivity contribution in [1.82, 2.24) is 14.9 Å². The SMILES string of the molecule is Nn1c(N/N=C/c2ccccc2OCc2ccccc2)nnc1SCC(=O)Nc1cccc(Cl)c1Cl. The Hall–Kier alpha value is -3.73. The number of carbonyl (C=O) groups excluding carboxylic acids is 1. The van der Waals surface area contributed by atoms with Gasteiger partial charge >= 0.3 is 0 Å². The van der Waals surface area contributed by atoms with E-state index in [0.29, 0.717) is 28.2 Å². The molecular formula is C24H21Cl2N7O2S. The number of hydrogen-bond donors (Lipinski definition) is 3. The van der Waals surface area contributed by atoms with Gasteiger partial charge in [-0.3, -0.25) is 4.79 Å². The molecule has 0 saturated carbocycles. The lowest BCUT2D eigenvalue weighted by Crippen LogP contribution is -2.17. The molecule has 184 valence electrons. The lowest BCUT2D eigenvalue weighted by atomic mass is 10.2. The number of rotatable bonds is 10. The lowest BCUT2D eigenvalue weighted by Gasteiger charge is -2.09. The molecule has 1 aromatic heterocycles. The Morgan fingerprint density at radius 3 is 2.67 bits per heavy atom. The van der Waals surface area contributed by atoms with E-state index < -0.39 is 0 Å². The minimum absolute atomic E-state index is 0.0353. The third kappa shape index (κ3) is 6.69. The van der Waals surface area contributed by atoms with Crippen LogP contribution in [0.4, 0.5) is 11.6 Å². The first-order chi connectivity index (χ1) is 17.5. The van der Waals surface area contributed by atoms with Gasteiger partial charge in [0.25, 0.3) is 5.95 Å². The number of para-hydroxylation sites is 1. The molecule has 0 atom stereocenters. The molecule has 0 aliphatic rings. The molecule has 0 radical (unpaired) electrons. The third-order valence-corrected chi connectivity index (χ3v) is 6.51. The highest BCUT2D eigenvalue weighted by molar-refractivity contribution is 7.99. The fourth-order valence-corrected chi connectivity index (χ4v) is 3.99. The second kappa shape index (κ2) is 12.3. The van der Waals surface area contributed by atoms with Crippen molar-refractivity contribution in [3.8, 4) is 5.75 Å². The van der Waals surface area contributed by atoms with Crippen LogP contribution >= 0.6 is 35.0 Å². The predicted molar refractivity (Wildman–Crippen MR) is 144 cm³/mol. The number of hydrogen-bond acceptors (Lipinski definition) is 8. The van der Waals surface area contributed by atoms with Crippen molar-refractivity contribution in [3.63, 3.8) is 0 Å². The number of nitrogens with two attached hydrogens (primary N) is 1. The number of carbonyl (C=O) groups is 1. The zero-order chi connectivity index (χ0) is 25.3. The Kier molecular flexibility index (Phi) is 8.66. The second-order valence-electron chi connectivity index (χ2n) is 7.30. The van der Waals surface area contributed by atoms with Crippen molar-refractivity contribution >= 4 is 58.7 Å². The first kappa shape index (κ1) is 25.4. The van der Waals surface area contributed by atoms with Crippen LogP contribution in [0.3, 0.4) is 0 Å². The van der Waals surface area contributed by atoms with Gasteiger partial charge < -0.3 is 15.9 Å². The van der Waals surface area contributed by atoms with Crippen molar-refractivity contribution in [1.29, 1.82) is 0 Å². The molecule has 1 amide bonds. The third-order valence-electron chi connectivity index (χ3n) is 4.75. The summed E-state index contributed by atoms with van der Waals surface area (Å²) in [5, 5.41) is 15.8. The largest absolute Gasteiger partial charge is 0.488 e. The van der Waals surface area contributed by atoms with E-state index in [2.05, 4.69) is 26.0 Å². The van der Waals surface area contributed by atoms with Crippen LogP contribution in [0, 0.1) is 0 Å². The quantitative estimate of drug-likeness (QED) is 0.111. The molecule has 4 aromatic rings. The minimum atomic E-state index is -0.299. The number of halogens is 2. The molecule has 4 N–H and O–H groups in total. The van der Waals surface area contributed by atoms with Gasteiger partial charge in [-0.15, -0.1) is 10.2 Å². The van der Waals surface area contributed by atoms with Gasteiger partial charge in [-0.25, -0.2) is 10.1 Å². The molecule has 0 saturated heterocycles. The number of hydrazone groups is 1. The van der Waals surface area contributed by atoms with Gasteiger partial charge in [0, 0.05) is 5.56 Å². The van der Waals surface area contributed by atoms with E-state index in [1.165, 1.54) is 4.68 Å². The zero-order valence-corrected chi connectivity index (χ0v) is 21.1. The van der Waals surface area contributed by atoms with E-state index >= 15 is 0 Å². The van der Waals surface area contributed by atoms with E-state index in [9.17, 15) is 4.79 Å². The van der Waals surface area contributed by atoms with Crippen molar-refractivity contribution < 1.29 is 9.53 Å². The predicted octanol–water partition coefficient (Wildman–Crippen LogP) is 5.05. The monoisotopic (exact) mass is 541 g/mol. The summed E-state index contributed by atoms with van der Waals surface area (Å²) in [4.78, 5) is 12.3. The summed E-state index contributed by atoms with van der Waals surface area (Å²) in [6.07, 6.45) is 1.60. The Morgan fingerprint density at radius 2 is 1.83 bits per heavy atom. The van der Waals surface area contributed by atoms with Gasteiger partial charge in [-0.2, -0.15) is 5.10 Å². The van der Waals surface area contributed by atoms with Crippen LogP contribution < -0.4 is 21.3 Å². The highest BCUT2D eigenvalue weighted by Gasteiger charge is 2.13. The molecule has 1 heterocycles. The highest BCUT2D eigenvalue weighted by atomic mass is 35.5. The summed E-state index contributed by atoms with van der Waals surface area (Å²) in [5.74, 6) is 6.67. The Labute approximate surface area is 221 Å². The number of nitrogen functional groups attached to an aromatic ring is 1. The number of nitrogens with zero attached hydrogens (tertiary/aromatic N) is 4. The maximum atomic E-state index is 12.3. The fraction of sp³-hybridized carbons (Fsp3) is 0.0833. The number of benzene rings is 3. The van der Waals surface area contributed by atoms with Crippen LogP contribution in [-0.4, -0.2) is 32.7 Å². The van der Waals surface area contributed by atoms with E-state index in [-0.39, 0.29) is 22.6 Å². The summed E-state index contributed by atoms with van der Waals surface area (Å²) in [6.45, 7) is 0.438. The topological polar surface area (TPSA) is 119 Å². The lowest BCUT2D eigenvalue weighted by molar-refractivity contribution is -0.113. The molecule has 0 fully saturated rings. The van der Waals surface area contributed by atoms with Gasteiger partial charge in [0.05, 0.1) is 27.7 Å². The van der Waals surface area contributed by atoms with Crippen LogP contribution in [0.15, 0.2) is 83.1 Å². The standard InChI is InChI=1S/C24H21Cl2N7O2S/c25-18-10-6-11-19(22(18)26)29-21(34)15-36-24-32-31-23(33(24)27)30-28-13-17-9-4-5-12-20(17)35-14-16-7-2-1-3-8-16/h1-13H,14-15,27H2,(H,29,34)(H,30,31)/b28-13+. The summed E-state index contributed by atoms with van der Waals surface area (Å²) < 4.78 is 7.14. The maximum absolute atomic E-state index is 12.3. The number of amides is 1. The molecule has 0 aliphatic carbocycles. The molecule has 36 heavy (non-hydrogen) atoms. The molecule has 0 unspecified atom stereocenters. The number of ether oxygens (including phenoxy) is 1. The average molecular weight is 542 g/mol. The summed E-state index contributed by atoms with van der Waals surface area (Å²) in [7, 11) is 0. The Bertz CT molecular complexity index is 1370. The second-order valence-corrected chi connectivity index (χ2v) is 9.02. The van der Waals surface area contributed by atoms with Gasteiger partial charge in [-0.1, -0.05) is 83.5 Å². The number of anilines is 2. The van der Waals surface area contributed by atoms with E-state index in [1.54, 1.807) is 24.4 Å². The van der Waals surface area contributed by atoms with E-state index in [1.807, 2.05) is 54.6 Å². The van der Waals surface area contributed by atoms with E-state index in [4.69, 9.17) is 33.8 Å². The molecule has 0 spiro atoms. The van der Waals surface area contributed by atoms with Gasteiger partial charge in [0.1, 0.15) is 12.4 Å². The fourth-order valence-electron chi connectivity index (χ4n) is 2.98. The normalized spacial score (nSPS) is 10.9. The smallest absolute Gasteiger partial charge is 0.264 e. The molecule has 4 rings (SSSR count). The maximum Gasteiger partial charge on any atom is 0.264 e. The Morgan fingerprint density at radius 1 is 1.06 bits per heavy atom. The molecule has 3 aromatic carbocycles. The minimum Gasteiger partial charge on any atom is -0.488 e. The molecule has 12 heteroatoms. The summed E-state index contributed by atoms with van der Waals surface area (Å²) in [5.41, 5.74) is 5.02. The van der Waals surface area contributed by atoms with Crippen molar-refractivity contribution in [2.45, 2.75) is 11.8 Å². The molecule has 0 bridgehead atoms.